The average Bonchev–Trinajstić information content (AvgIpc) is 2.38. The predicted octanol–water partition coefficient (Wildman–Crippen LogP) is 3.96. The molecule has 1 aromatic carbocycles. The highest BCUT2D eigenvalue weighted by Crippen LogP contribution is 2.27. The Kier molecular flexibility index (Phi) is 4.88. The Labute approximate surface area is 120 Å². The second kappa shape index (κ2) is 6.21. The lowest BCUT2D eigenvalue weighted by molar-refractivity contribution is 0.0893. The topological polar surface area (TPSA) is 12.5 Å². The maximum Gasteiger partial charge on any atom is 0.0746 e. The van der Waals surface area contributed by atoms with Crippen molar-refractivity contribution >= 4 is 37.5 Å². The van der Waals surface area contributed by atoms with Gasteiger partial charge in [-0.25, -0.2) is 0 Å². The zero-order valence-electron chi connectivity index (χ0n) is 9.96. The van der Waals surface area contributed by atoms with Crippen molar-refractivity contribution in [2.45, 2.75) is 24.3 Å². The van der Waals surface area contributed by atoms with E-state index in [9.17, 15) is 0 Å². The van der Waals surface area contributed by atoms with E-state index in [-0.39, 0.29) is 0 Å². The molecule has 1 aliphatic heterocycles. The summed E-state index contributed by atoms with van der Waals surface area (Å²) in [5.41, 5.74) is 2.57. The maximum absolute atomic E-state index is 5.46. The van der Waals surface area contributed by atoms with Gasteiger partial charge >= 0.3 is 0 Å². The largest absolute Gasteiger partial charge is 0.380 e. The molecule has 1 aromatic rings. The standard InChI is InChI=1S/C13H17Br2NO/c1-17-12-3-2-6-16(9-12)11-5-4-10(8-14)13(15)7-11/h4-5,7,12H,2-3,6,8-9H2,1H3. The summed E-state index contributed by atoms with van der Waals surface area (Å²) in [6.45, 7) is 2.12. The Balaban J connectivity index is 2.13. The van der Waals surface area contributed by atoms with E-state index in [1.165, 1.54) is 28.6 Å². The minimum Gasteiger partial charge on any atom is -0.380 e. The van der Waals surface area contributed by atoms with Crippen LogP contribution in [0.15, 0.2) is 22.7 Å². The molecule has 17 heavy (non-hydrogen) atoms. The molecule has 0 radical (unpaired) electrons. The smallest absolute Gasteiger partial charge is 0.0746 e. The SMILES string of the molecule is COC1CCCN(c2ccc(CBr)c(Br)c2)C1. The van der Waals surface area contributed by atoms with E-state index in [1.54, 1.807) is 7.11 Å². The van der Waals surface area contributed by atoms with E-state index in [0.29, 0.717) is 6.10 Å². The van der Waals surface area contributed by atoms with Gasteiger partial charge < -0.3 is 9.64 Å². The van der Waals surface area contributed by atoms with Gasteiger partial charge in [0.2, 0.25) is 0 Å². The fourth-order valence-corrected chi connectivity index (χ4v) is 3.58. The fraction of sp³-hybridized carbons (Fsp3) is 0.538. The van der Waals surface area contributed by atoms with Gasteiger partial charge in [-0.15, -0.1) is 0 Å². The molecular weight excluding hydrogens is 346 g/mol. The van der Waals surface area contributed by atoms with Crippen LogP contribution in [0.25, 0.3) is 0 Å². The van der Waals surface area contributed by atoms with Gasteiger partial charge in [-0.1, -0.05) is 37.9 Å². The number of hydrogen-bond donors (Lipinski definition) is 0. The van der Waals surface area contributed by atoms with Gasteiger partial charge in [0.1, 0.15) is 0 Å². The van der Waals surface area contributed by atoms with Gasteiger partial charge in [-0.3, -0.25) is 0 Å². The number of piperidine rings is 1. The molecule has 2 rings (SSSR count). The third-order valence-corrected chi connectivity index (χ3v) is 4.60. The molecule has 94 valence electrons. The quantitative estimate of drug-likeness (QED) is 0.754. The summed E-state index contributed by atoms with van der Waals surface area (Å²) in [4.78, 5) is 2.40. The molecule has 0 aliphatic carbocycles. The van der Waals surface area contributed by atoms with Crippen LogP contribution in [0.3, 0.4) is 0 Å². The third-order valence-electron chi connectivity index (χ3n) is 3.26. The Morgan fingerprint density at radius 2 is 2.29 bits per heavy atom. The van der Waals surface area contributed by atoms with Crippen molar-refractivity contribution in [1.29, 1.82) is 0 Å². The second-order valence-corrected chi connectivity index (χ2v) is 5.77. The first-order chi connectivity index (χ1) is 8.24. The van der Waals surface area contributed by atoms with Crippen LogP contribution in [-0.4, -0.2) is 26.3 Å². The van der Waals surface area contributed by atoms with Crippen LogP contribution in [0.5, 0.6) is 0 Å². The number of rotatable bonds is 3. The van der Waals surface area contributed by atoms with Crippen molar-refractivity contribution in [3.8, 4) is 0 Å². The minimum atomic E-state index is 0.373. The zero-order chi connectivity index (χ0) is 12.3. The third kappa shape index (κ3) is 3.24. The van der Waals surface area contributed by atoms with Gasteiger partial charge in [-0.2, -0.15) is 0 Å². The van der Waals surface area contributed by atoms with E-state index < -0.39 is 0 Å². The molecule has 1 aliphatic rings. The van der Waals surface area contributed by atoms with Crippen LogP contribution in [0.1, 0.15) is 18.4 Å². The summed E-state index contributed by atoms with van der Waals surface area (Å²) >= 11 is 7.10. The first kappa shape index (κ1) is 13.4. The first-order valence-electron chi connectivity index (χ1n) is 5.86. The lowest BCUT2D eigenvalue weighted by Gasteiger charge is -2.33. The molecule has 2 nitrogen and oxygen atoms in total. The number of hydrogen-bond acceptors (Lipinski definition) is 2. The summed E-state index contributed by atoms with van der Waals surface area (Å²) in [6, 6.07) is 6.57. The molecule has 1 atom stereocenters. The van der Waals surface area contributed by atoms with Gasteiger partial charge in [0.05, 0.1) is 6.10 Å². The molecule has 1 fully saturated rings. The van der Waals surface area contributed by atoms with Gasteiger partial charge in [0.15, 0.2) is 0 Å². The fourth-order valence-electron chi connectivity index (χ4n) is 2.21. The van der Waals surface area contributed by atoms with Crippen molar-refractivity contribution in [2.75, 3.05) is 25.1 Å². The van der Waals surface area contributed by atoms with Crippen LogP contribution in [0.2, 0.25) is 0 Å². The molecule has 0 bridgehead atoms. The van der Waals surface area contributed by atoms with Crippen molar-refractivity contribution in [3.63, 3.8) is 0 Å². The molecule has 0 spiro atoms. The molecule has 1 saturated heterocycles. The van der Waals surface area contributed by atoms with Gasteiger partial charge in [0.25, 0.3) is 0 Å². The Morgan fingerprint density at radius 1 is 1.47 bits per heavy atom. The Morgan fingerprint density at radius 3 is 2.94 bits per heavy atom. The summed E-state index contributed by atoms with van der Waals surface area (Å²) in [6.07, 6.45) is 2.75. The number of benzene rings is 1. The molecule has 4 heteroatoms. The van der Waals surface area contributed by atoms with E-state index in [2.05, 4.69) is 55.0 Å². The van der Waals surface area contributed by atoms with E-state index >= 15 is 0 Å². The van der Waals surface area contributed by atoms with E-state index in [4.69, 9.17) is 4.74 Å². The normalized spacial score (nSPS) is 20.6. The molecule has 1 heterocycles. The van der Waals surface area contributed by atoms with Crippen LogP contribution in [-0.2, 0) is 10.1 Å². The molecule has 0 saturated carbocycles. The van der Waals surface area contributed by atoms with Crippen LogP contribution < -0.4 is 4.90 Å². The lowest BCUT2D eigenvalue weighted by atomic mass is 10.1. The van der Waals surface area contributed by atoms with Crippen LogP contribution in [0, 0.1) is 0 Å². The number of ether oxygens (including phenoxy) is 1. The second-order valence-electron chi connectivity index (χ2n) is 4.36. The highest BCUT2D eigenvalue weighted by molar-refractivity contribution is 9.10. The number of nitrogens with zero attached hydrogens (tertiary/aromatic N) is 1. The zero-order valence-corrected chi connectivity index (χ0v) is 13.1. The van der Waals surface area contributed by atoms with E-state index in [0.717, 1.165) is 18.4 Å². The van der Waals surface area contributed by atoms with E-state index in [1.807, 2.05) is 0 Å². The maximum atomic E-state index is 5.46. The summed E-state index contributed by atoms with van der Waals surface area (Å²) in [7, 11) is 1.80. The van der Waals surface area contributed by atoms with Crippen LogP contribution in [0.4, 0.5) is 5.69 Å². The predicted molar refractivity (Wildman–Crippen MR) is 79.0 cm³/mol. The van der Waals surface area contributed by atoms with Crippen LogP contribution >= 0.6 is 31.9 Å². The summed E-state index contributed by atoms with van der Waals surface area (Å²) in [5, 5.41) is 0.883. The number of halogens is 2. The number of anilines is 1. The molecule has 0 N–H and O–H groups in total. The molecule has 0 amide bonds. The van der Waals surface area contributed by atoms with Crippen molar-refractivity contribution in [3.05, 3.63) is 28.2 Å². The first-order valence-corrected chi connectivity index (χ1v) is 7.78. The lowest BCUT2D eigenvalue weighted by Crippen LogP contribution is -2.39. The average molecular weight is 363 g/mol. The Bertz CT molecular complexity index is 384. The molecular formula is C13H17Br2NO. The van der Waals surface area contributed by atoms with Crippen molar-refractivity contribution < 1.29 is 4.74 Å². The minimum absolute atomic E-state index is 0.373. The number of alkyl halides is 1. The van der Waals surface area contributed by atoms with Crippen molar-refractivity contribution in [2.24, 2.45) is 0 Å². The molecule has 0 aromatic heterocycles. The van der Waals surface area contributed by atoms with Gasteiger partial charge in [0, 0.05) is 35.7 Å². The number of methoxy groups -OCH3 is 1. The summed E-state index contributed by atoms with van der Waals surface area (Å²) < 4.78 is 6.63. The monoisotopic (exact) mass is 361 g/mol. The van der Waals surface area contributed by atoms with Gasteiger partial charge in [-0.05, 0) is 30.5 Å². The Hall–Kier alpha value is -0.0600. The molecule has 1 unspecified atom stereocenters. The van der Waals surface area contributed by atoms with Crippen molar-refractivity contribution in [1.82, 2.24) is 0 Å². The summed E-state index contributed by atoms with van der Waals surface area (Å²) in [5.74, 6) is 0. The highest BCUT2D eigenvalue weighted by atomic mass is 79.9. The highest BCUT2D eigenvalue weighted by Gasteiger charge is 2.19.